The zero-order valence-corrected chi connectivity index (χ0v) is 19.4. The van der Waals surface area contributed by atoms with Gasteiger partial charge in [-0.25, -0.2) is 13.8 Å². The van der Waals surface area contributed by atoms with E-state index < -0.39 is 17.7 Å². The fourth-order valence-corrected chi connectivity index (χ4v) is 4.73. The summed E-state index contributed by atoms with van der Waals surface area (Å²) in [5.41, 5.74) is 1.88. The van der Waals surface area contributed by atoms with E-state index in [1.165, 1.54) is 4.90 Å². The lowest BCUT2D eigenvalue weighted by molar-refractivity contribution is -0.0306. The van der Waals surface area contributed by atoms with Gasteiger partial charge in [-0.2, -0.15) is 0 Å². The summed E-state index contributed by atoms with van der Waals surface area (Å²) in [5, 5.41) is 0. The van der Waals surface area contributed by atoms with Gasteiger partial charge in [0.1, 0.15) is 46.8 Å². The highest BCUT2D eigenvalue weighted by Gasteiger charge is 2.30. The van der Waals surface area contributed by atoms with Gasteiger partial charge in [0.25, 0.3) is 5.91 Å². The van der Waals surface area contributed by atoms with E-state index in [0.29, 0.717) is 29.9 Å². The third kappa shape index (κ3) is 3.98. The third-order valence-electron chi connectivity index (χ3n) is 6.32. The Bertz CT molecular complexity index is 1250. The molecule has 2 aliphatic heterocycles. The number of ether oxygens (including phenoxy) is 3. The number of nitrogens with zero attached hydrogens (tertiary/aromatic N) is 3. The molecule has 34 heavy (non-hydrogen) atoms. The van der Waals surface area contributed by atoms with Gasteiger partial charge >= 0.3 is 0 Å². The Kier molecular flexibility index (Phi) is 5.89. The first-order chi connectivity index (χ1) is 16.3. The molecule has 2 unspecified atom stereocenters. The molecule has 5 rings (SSSR count). The normalized spacial score (nSPS) is 20.0. The van der Waals surface area contributed by atoms with Gasteiger partial charge in [-0.3, -0.25) is 4.79 Å². The van der Waals surface area contributed by atoms with Crippen LogP contribution in [-0.4, -0.2) is 47.7 Å². The van der Waals surface area contributed by atoms with Crippen molar-refractivity contribution in [2.75, 3.05) is 27.3 Å². The molecule has 0 saturated carbocycles. The molecule has 0 N–H and O–H groups in total. The number of amides is 1. The number of hydrogen-bond donors (Lipinski definition) is 0. The molecule has 9 heteroatoms. The fourth-order valence-electron chi connectivity index (χ4n) is 4.73. The molecule has 1 aromatic heterocycles. The van der Waals surface area contributed by atoms with Crippen LogP contribution in [0.1, 0.15) is 59.8 Å². The summed E-state index contributed by atoms with van der Waals surface area (Å²) in [7, 11) is 3.36. The molecule has 1 amide bonds. The standard InChI is InChI=1S/C25H27F2N3O4/c1-14-28-24-18(30(14)22-6-4-5-8-33-22)10-15(25(31)29(2)3)11-21(24)34-19-7-9-32-20-13-16(26)12-17(27)23(19)20/h10-13,19,22H,4-9H2,1-3H3. The Morgan fingerprint density at radius 3 is 2.71 bits per heavy atom. The summed E-state index contributed by atoms with van der Waals surface area (Å²) in [5.74, 6) is -0.401. The zero-order valence-electron chi connectivity index (χ0n) is 19.4. The molecule has 1 saturated heterocycles. The largest absolute Gasteiger partial charge is 0.493 e. The molecule has 180 valence electrons. The molecule has 1 fully saturated rings. The van der Waals surface area contributed by atoms with E-state index in [-0.39, 0.29) is 30.1 Å². The van der Waals surface area contributed by atoms with Crippen molar-refractivity contribution in [3.63, 3.8) is 0 Å². The second kappa shape index (κ2) is 8.87. The average molecular weight is 472 g/mol. The van der Waals surface area contributed by atoms with Crippen molar-refractivity contribution in [1.29, 1.82) is 0 Å². The van der Waals surface area contributed by atoms with E-state index in [2.05, 4.69) is 0 Å². The zero-order chi connectivity index (χ0) is 24.0. The van der Waals surface area contributed by atoms with Crippen LogP contribution in [0.3, 0.4) is 0 Å². The molecule has 0 spiro atoms. The van der Waals surface area contributed by atoms with Crippen LogP contribution in [0, 0.1) is 18.6 Å². The first kappa shape index (κ1) is 22.6. The maximum absolute atomic E-state index is 14.7. The Labute approximate surface area is 196 Å². The highest BCUT2D eigenvalue weighted by molar-refractivity contribution is 5.99. The van der Waals surface area contributed by atoms with Crippen molar-refractivity contribution in [2.45, 2.75) is 44.9 Å². The van der Waals surface area contributed by atoms with Crippen LogP contribution >= 0.6 is 0 Å². The monoisotopic (exact) mass is 471 g/mol. The number of rotatable bonds is 4. The average Bonchev–Trinajstić information content (AvgIpc) is 3.14. The van der Waals surface area contributed by atoms with E-state index in [0.717, 1.165) is 42.7 Å². The lowest BCUT2D eigenvalue weighted by Crippen LogP contribution is -2.23. The molecule has 2 aromatic carbocycles. The Morgan fingerprint density at radius 1 is 1.15 bits per heavy atom. The molecular weight excluding hydrogens is 444 g/mol. The molecule has 0 aliphatic carbocycles. The highest BCUT2D eigenvalue weighted by atomic mass is 19.1. The number of aromatic nitrogens is 2. The first-order valence-electron chi connectivity index (χ1n) is 11.5. The molecule has 0 bridgehead atoms. The quantitative estimate of drug-likeness (QED) is 0.540. The van der Waals surface area contributed by atoms with Crippen LogP contribution in [0.4, 0.5) is 8.78 Å². The van der Waals surface area contributed by atoms with E-state index in [9.17, 15) is 13.6 Å². The second-order valence-electron chi connectivity index (χ2n) is 8.93. The van der Waals surface area contributed by atoms with E-state index in [1.54, 1.807) is 26.2 Å². The van der Waals surface area contributed by atoms with Crippen LogP contribution < -0.4 is 9.47 Å². The summed E-state index contributed by atoms with van der Waals surface area (Å²) in [6, 6.07) is 5.43. The lowest BCUT2D eigenvalue weighted by Gasteiger charge is -2.28. The number of carbonyl (C=O) groups is 1. The van der Waals surface area contributed by atoms with Crippen LogP contribution in [0.2, 0.25) is 0 Å². The third-order valence-corrected chi connectivity index (χ3v) is 6.32. The molecule has 0 radical (unpaired) electrons. The number of imidazole rings is 1. The predicted molar refractivity (Wildman–Crippen MR) is 121 cm³/mol. The van der Waals surface area contributed by atoms with Gasteiger partial charge in [-0.1, -0.05) is 0 Å². The van der Waals surface area contributed by atoms with Crippen molar-refractivity contribution in [1.82, 2.24) is 14.5 Å². The van der Waals surface area contributed by atoms with Gasteiger partial charge < -0.3 is 23.7 Å². The van der Waals surface area contributed by atoms with Crippen molar-refractivity contribution in [2.24, 2.45) is 0 Å². The number of aryl methyl sites for hydroxylation is 1. The molecule has 7 nitrogen and oxygen atoms in total. The van der Waals surface area contributed by atoms with Crippen molar-refractivity contribution in [3.8, 4) is 11.5 Å². The van der Waals surface area contributed by atoms with Crippen LogP contribution in [-0.2, 0) is 4.74 Å². The van der Waals surface area contributed by atoms with Crippen LogP contribution in [0.25, 0.3) is 11.0 Å². The topological polar surface area (TPSA) is 65.8 Å². The summed E-state index contributed by atoms with van der Waals surface area (Å²) in [6.07, 6.45) is 2.37. The van der Waals surface area contributed by atoms with Gasteiger partial charge in [0.15, 0.2) is 0 Å². The highest BCUT2D eigenvalue weighted by Crippen LogP contribution is 2.41. The SMILES string of the molecule is Cc1nc2c(OC3CCOc4cc(F)cc(F)c43)cc(C(=O)N(C)C)cc2n1C1CCCCO1. The minimum absolute atomic E-state index is 0.128. The maximum Gasteiger partial charge on any atom is 0.253 e. The maximum atomic E-state index is 14.7. The smallest absolute Gasteiger partial charge is 0.253 e. The summed E-state index contributed by atoms with van der Waals surface area (Å²) >= 11 is 0. The summed E-state index contributed by atoms with van der Waals surface area (Å²) in [4.78, 5) is 19.1. The van der Waals surface area contributed by atoms with Crippen molar-refractivity contribution >= 4 is 16.9 Å². The number of hydrogen-bond acceptors (Lipinski definition) is 5. The van der Waals surface area contributed by atoms with Gasteiger partial charge in [0, 0.05) is 44.8 Å². The number of benzene rings is 2. The second-order valence-corrected chi connectivity index (χ2v) is 8.93. The fraction of sp³-hybridized carbons (Fsp3) is 0.440. The van der Waals surface area contributed by atoms with Gasteiger partial charge in [0.05, 0.1) is 17.7 Å². The molecule has 3 aromatic rings. The predicted octanol–water partition coefficient (Wildman–Crippen LogP) is 4.93. The lowest BCUT2D eigenvalue weighted by atomic mass is 10.0. The van der Waals surface area contributed by atoms with Crippen LogP contribution in [0.5, 0.6) is 11.5 Å². The molecule has 2 atom stereocenters. The Morgan fingerprint density at radius 2 is 1.97 bits per heavy atom. The van der Waals surface area contributed by atoms with Crippen molar-refractivity contribution in [3.05, 3.63) is 52.9 Å². The number of carbonyl (C=O) groups excluding carboxylic acids is 1. The van der Waals surface area contributed by atoms with E-state index in [4.69, 9.17) is 19.2 Å². The van der Waals surface area contributed by atoms with E-state index >= 15 is 0 Å². The molecule has 3 heterocycles. The summed E-state index contributed by atoms with van der Waals surface area (Å²) < 4.78 is 48.3. The van der Waals surface area contributed by atoms with Gasteiger partial charge in [-0.05, 0) is 38.3 Å². The van der Waals surface area contributed by atoms with Gasteiger partial charge in [-0.15, -0.1) is 0 Å². The van der Waals surface area contributed by atoms with E-state index in [1.807, 2.05) is 11.5 Å². The Balaban J connectivity index is 1.63. The number of halogens is 2. The molecule has 2 aliphatic rings. The van der Waals surface area contributed by atoms with Crippen LogP contribution in [0.15, 0.2) is 24.3 Å². The Hall–Kier alpha value is -3.20. The van der Waals surface area contributed by atoms with Crippen molar-refractivity contribution < 1.29 is 27.8 Å². The number of fused-ring (bicyclic) bond motifs is 2. The minimum Gasteiger partial charge on any atom is -0.493 e. The summed E-state index contributed by atoms with van der Waals surface area (Å²) in [6.45, 7) is 2.81. The minimum atomic E-state index is -0.728. The first-order valence-corrected chi connectivity index (χ1v) is 11.5. The molecular formula is C25H27F2N3O4. The van der Waals surface area contributed by atoms with Gasteiger partial charge in [0.2, 0.25) is 0 Å².